The van der Waals surface area contributed by atoms with Crippen molar-refractivity contribution in [2.24, 2.45) is 5.92 Å². The Morgan fingerprint density at radius 3 is 2.61 bits per heavy atom. The van der Waals surface area contributed by atoms with Crippen LogP contribution in [0.3, 0.4) is 0 Å². The lowest BCUT2D eigenvalue weighted by atomic mass is 10.0. The second kappa shape index (κ2) is 6.35. The number of rotatable bonds is 6. The monoisotopic (exact) mass is 255 g/mol. The summed E-state index contributed by atoms with van der Waals surface area (Å²) >= 11 is 0. The molecule has 1 rings (SSSR count). The van der Waals surface area contributed by atoms with Gasteiger partial charge in [-0.1, -0.05) is 13.8 Å². The van der Waals surface area contributed by atoms with Crippen molar-refractivity contribution in [3.63, 3.8) is 0 Å². The summed E-state index contributed by atoms with van der Waals surface area (Å²) < 4.78 is 18.6. The first kappa shape index (κ1) is 14.4. The number of methoxy groups -OCH3 is 1. The molecule has 0 saturated heterocycles. The van der Waals surface area contributed by atoms with E-state index >= 15 is 0 Å². The zero-order chi connectivity index (χ0) is 13.7. The van der Waals surface area contributed by atoms with Crippen LogP contribution in [0, 0.1) is 11.7 Å². The minimum absolute atomic E-state index is 0.0464. The molecule has 0 aliphatic heterocycles. The summed E-state index contributed by atoms with van der Waals surface area (Å²) in [5.41, 5.74) is 0.224. The number of anilines is 1. The highest BCUT2D eigenvalue weighted by molar-refractivity contribution is 5.88. The third-order valence-corrected chi connectivity index (χ3v) is 2.70. The zero-order valence-electron chi connectivity index (χ0n) is 10.7. The second-order valence-corrected chi connectivity index (χ2v) is 4.45. The van der Waals surface area contributed by atoms with Crippen LogP contribution in [0.2, 0.25) is 0 Å². The van der Waals surface area contributed by atoms with Crippen molar-refractivity contribution >= 4 is 11.7 Å². The lowest BCUT2D eigenvalue weighted by molar-refractivity contribution is 0.0692. The molecule has 0 amide bonds. The van der Waals surface area contributed by atoms with E-state index in [0.717, 1.165) is 0 Å². The molecule has 0 bridgehead atoms. The van der Waals surface area contributed by atoms with E-state index in [2.05, 4.69) is 5.32 Å². The molecule has 0 heterocycles. The highest BCUT2D eigenvalue weighted by Gasteiger charge is 2.15. The average Bonchev–Trinajstić information content (AvgIpc) is 2.27. The van der Waals surface area contributed by atoms with Gasteiger partial charge in [0.1, 0.15) is 5.82 Å². The first-order valence-electron chi connectivity index (χ1n) is 5.74. The van der Waals surface area contributed by atoms with Gasteiger partial charge >= 0.3 is 5.97 Å². The van der Waals surface area contributed by atoms with Crippen molar-refractivity contribution in [3.8, 4) is 0 Å². The maximum absolute atomic E-state index is 13.5. The Bertz CT molecular complexity index is 421. The van der Waals surface area contributed by atoms with Gasteiger partial charge in [0, 0.05) is 12.8 Å². The van der Waals surface area contributed by atoms with E-state index in [1.165, 1.54) is 12.1 Å². The van der Waals surface area contributed by atoms with Crippen molar-refractivity contribution in [1.29, 1.82) is 0 Å². The first-order valence-corrected chi connectivity index (χ1v) is 5.74. The van der Waals surface area contributed by atoms with Crippen LogP contribution in [0.5, 0.6) is 0 Å². The molecule has 0 aliphatic carbocycles. The SMILES string of the molecule is COCC(Nc1ccc(C(=O)O)c(F)c1)C(C)C. The van der Waals surface area contributed by atoms with Crippen molar-refractivity contribution in [2.75, 3.05) is 19.0 Å². The normalized spacial score (nSPS) is 12.5. The summed E-state index contributed by atoms with van der Waals surface area (Å²) in [5.74, 6) is -1.70. The number of nitrogens with one attached hydrogen (secondary N) is 1. The second-order valence-electron chi connectivity index (χ2n) is 4.45. The number of carboxylic acids is 1. The largest absolute Gasteiger partial charge is 0.478 e. The molecule has 100 valence electrons. The fourth-order valence-corrected chi connectivity index (χ4v) is 1.57. The van der Waals surface area contributed by atoms with Crippen LogP contribution < -0.4 is 5.32 Å². The Morgan fingerprint density at radius 1 is 1.50 bits per heavy atom. The van der Waals surface area contributed by atoms with E-state index in [4.69, 9.17) is 9.84 Å². The molecular formula is C13H18FNO3. The highest BCUT2D eigenvalue weighted by Crippen LogP contribution is 2.17. The average molecular weight is 255 g/mol. The number of carboxylic acid groups (broad SMARTS) is 1. The Hall–Kier alpha value is -1.62. The minimum Gasteiger partial charge on any atom is -0.478 e. The van der Waals surface area contributed by atoms with Crippen LogP contribution in [0.4, 0.5) is 10.1 Å². The number of hydrogen-bond acceptors (Lipinski definition) is 3. The molecule has 4 nitrogen and oxygen atoms in total. The molecule has 1 aromatic carbocycles. The van der Waals surface area contributed by atoms with Gasteiger partial charge in [0.05, 0.1) is 18.2 Å². The number of ether oxygens (including phenoxy) is 1. The predicted molar refractivity (Wildman–Crippen MR) is 67.5 cm³/mol. The van der Waals surface area contributed by atoms with E-state index in [-0.39, 0.29) is 11.6 Å². The van der Waals surface area contributed by atoms with Crippen LogP contribution in [0.15, 0.2) is 18.2 Å². The molecule has 0 aromatic heterocycles. The Balaban J connectivity index is 2.84. The van der Waals surface area contributed by atoms with Crippen LogP contribution in [0.1, 0.15) is 24.2 Å². The molecule has 0 radical (unpaired) electrons. The molecule has 0 aliphatic rings. The molecule has 0 fully saturated rings. The van der Waals surface area contributed by atoms with Crippen molar-refractivity contribution in [3.05, 3.63) is 29.6 Å². The quantitative estimate of drug-likeness (QED) is 0.820. The number of benzene rings is 1. The Morgan fingerprint density at radius 2 is 2.17 bits per heavy atom. The van der Waals surface area contributed by atoms with Gasteiger partial charge < -0.3 is 15.2 Å². The molecular weight excluding hydrogens is 237 g/mol. The molecule has 5 heteroatoms. The first-order chi connectivity index (χ1) is 8.45. The summed E-state index contributed by atoms with van der Waals surface area (Å²) in [4.78, 5) is 10.7. The van der Waals surface area contributed by atoms with Gasteiger partial charge in [-0.05, 0) is 24.1 Å². The summed E-state index contributed by atoms with van der Waals surface area (Å²) in [6.07, 6.45) is 0. The van der Waals surface area contributed by atoms with Crippen LogP contribution in [-0.4, -0.2) is 30.8 Å². The maximum Gasteiger partial charge on any atom is 0.338 e. The van der Waals surface area contributed by atoms with Gasteiger partial charge in [-0.2, -0.15) is 0 Å². The van der Waals surface area contributed by atoms with Crippen molar-refractivity contribution < 1.29 is 19.0 Å². The van der Waals surface area contributed by atoms with Gasteiger partial charge in [-0.3, -0.25) is 0 Å². The molecule has 0 saturated carbocycles. The van der Waals surface area contributed by atoms with Gasteiger partial charge in [0.2, 0.25) is 0 Å². The topological polar surface area (TPSA) is 58.6 Å². The van der Waals surface area contributed by atoms with E-state index < -0.39 is 11.8 Å². The highest BCUT2D eigenvalue weighted by atomic mass is 19.1. The fraction of sp³-hybridized carbons (Fsp3) is 0.462. The summed E-state index contributed by atoms with van der Waals surface area (Å²) in [6, 6.07) is 4.04. The van der Waals surface area contributed by atoms with Crippen LogP contribution in [0.25, 0.3) is 0 Å². The number of hydrogen-bond donors (Lipinski definition) is 2. The third-order valence-electron chi connectivity index (χ3n) is 2.70. The maximum atomic E-state index is 13.5. The number of halogens is 1. The summed E-state index contributed by atoms with van der Waals surface area (Å²) in [6.45, 7) is 4.55. The molecule has 1 atom stereocenters. The third kappa shape index (κ3) is 3.70. The lowest BCUT2D eigenvalue weighted by Gasteiger charge is -2.22. The number of aromatic carboxylic acids is 1. The van der Waals surface area contributed by atoms with Crippen LogP contribution >= 0.6 is 0 Å². The van der Waals surface area contributed by atoms with E-state index in [1.807, 2.05) is 13.8 Å². The standard InChI is InChI=1S/C13H18FNO3/c1-8(2)12(7-18-3)15-9-4-5-10(13(16)17)11(14)6-9/h4-6,8,12,15H,7H2,1-3H3,(H,16,17). The fourth-order valence-electron chi connectivity index (χ4n) is 1.57. The molecule has 2 N–H and O–H groups in total. The minimum atomic E-state index is -1.27. The van der Waals surface area contributed by atoms with E-state index in [1.54, 1.807) is 13.2 Å². The van der Waals surface area contributed by atoms with E-state index in [9.17, 15) is 9.18 Å². The molecule has 1 unspecified atom stereocenters. The van der Waals surface area contributed by atoms with Gasteiger partial charge in [-0.25, -0.2) is 9.18 Å². The van der Waals surface area contributed by atoms with Crippen molar-refractivity contribution in [2.45, 2.75) is 19.9 Å². The van der Waals surface area contributed by atoms with E-state index in [0.29, 0.717) is 18.2 Å². The smallest absolute Gasteiger partial charge is 0.338 e. The van der Waals surface area contributed by atoms with Gasteiger partial charge in [0.25, 0.3) is 0 Å². The Kier molecular flexibility index (Phi) is 5.09. The summed E-state index contributed by atoms with van der Waals surface area (Å²) in [7, 11) is 1.60. The van der Waals surface area contributed by atoms with Gasteiger partial charge in [-0.15, -0.1) is 0 Å². The number of carbonyl (C=O) groups is 1. The molecule has 18 heavy (non-hydrogen) atoms. The lowest BCUT2D eigenvalue weighted by Crippen LogP contribution is -2.30. The van der Waals surface area contributed by atoms with Crippen molar-refractivity contribution in [1.82, 2.24) is 0 Å². The van der Waals surface area contributed by atoms with Crippen LogP contribution in [-0.2, 0) is 4.74 Å². The Labute approximate surface area is 106 Å². The zero-order valence-corrected chi connectivity index (χ0v) is 10.7. The summed E-state index contributed by atoms with van der Waals surface area (Å²) in [5, 5.41) is 11.9. The molecule has 1 aromatic rings. The van der Waals surface area contributed by atoms with Gasteiger partial charge in [0.15, 0.2) is 0 Å². The predicted octanol–water partition coefficient (Wildman–Crippen LogP) is 2.61. The molecule has 0 spiro atoms.